The third kappa shape index (κ3) is 6.38. The number of nitrogens with one attached hydrogen (secondary N) is 1. The maximum absolute atomic E-state index is 12.7. The lowest BCUT2D eigenvalue weighted by molar-refractivity contribution is -0.112. The van der Waals surface area contributed by atoms with E-state index < -0.39 is 5.91 Å². The number of halogens is 1. The van der Waals surface area contributed by atoms with Crippen molar-refractivity contribution in [3.8, 4) is 17.6 Å². The van der Waals surface area contributed by atoms with Crippen LogP contribution in [0.25, 0.3) is 6.08 Å². The first-order chi connectivity index (χ1) is 15.9. The Morgan fingerprint density at radius 2 is 1.82 bits per heavy atom. The van der Waals surface area contributed by atoms with Crippen molar-refractivity contribution in [1.29, 1.82) is 5.26 Å². The van der Waals surface area contributed by atoms with Gasteiger partial charge in [0.25, 0.3) is 5.91 Å². The van der Waals surface area contributed by atoms with E-state index in [1.807, 2.05) is 44.2 Å². The molecule has 0 spiro atoms. The normalized spacial score (nSPS) is 10.9. The number of aryl methyl sites for hydroxylation is 1. The van der Waals surface area contributed by atoms with Crippen LogP contribution >= 0.6 is 11.6 Å². The number of benzene rings is 3. The fourth-order valence-corrected chi connectivity index (χ4v) is 3.27. The largest absolute Gasteiger partial charge is 0.490 e. The molecule has 0 unspecified atom stereocenters. The van der Waals surface area contributed by atoms with Gasteiger partial charge in [0.2, 0.25) is 0 Å². The lowest BCUT2D eigenvalue weighted by atomic mass is 10.1. The number of carbonyl (C=O) groups excluding carboxylic acids is 1. The van der Waals surface area contributed by atoms with E-state index in [0.29, 0.717) is 41.0 Å². The van der Waals surface area contributed by atoms with Gasteiger partial charge in [-0.2, -0.15) is 5.26 Å². The second-order valence-electron chi connectivity index (χ2n) is 7.45. The number of anilines is 1. The highest BCUT2D eigenvalue weighted by Crippen LogP contribution is 2.30. The Bertz CT molecular complexity index is 1210. The molecule has 33 heavy (non-hydrogen) atoms. The molecule has 0 aromatic heterocycles. The first-order valence-corrected chi connectivity index (χ1v) is 10.9. The Labute approximate surface area is 199 Å². The molecule has 168 valence electrons. The summed E-state index contributed by atoms with van der Waals surface area (Å²) in [7, 11) is 0. The summed E-state index contributed by atoms with van der Waals surface area (Å²) >= 11 is 6.12. The van der Waals surface area contributed by atoms with Gasteiger partial charge in [-0.3, -0.25) is 4.79 Å². The number of nitriles is 1. The van der Waals surface area contributed by atoms with Gasteiger partial charge < -0.3 is 14.8 Å². The molecular weight excluding hydrogens is 436 g/mol. The van der Waals surface area contributed by atoms with E-state index in [1.54, 1.807) is 43.3 Å². The summed E-state index contributed by atoms with van der Waals surface area (Å²) < 4.78 is 11.7. The molecule has 0 radical (unpaired) electrons. The van der Waals surface area contributed by atoms with Gasteiger partial charge >= 0.3 is 0 Å². The van der Waals surface area contributed by atoms with E-state index in [1.165, 1.54) is 11.6 Å². The molecule has 0 aliphatic rings. The molecule has 3 aromatic carbocycles. The maximum Gasteiger partial charge on any atom is 0.266 e. The second kappa shape index (κ2) is 11.2. The average molecular weight is 461 g/mol. The van der Waals surface area contributed by atoms with Crippen molar-refractivity contribution in [2.24, 2.45) is 0 Å². The minimum Gasteiger partial charge on any atom is -0.490 e. The summed E-state index contributed by atoms with van der Waals surface area (Å²) in [4.78, 5) is 12.7. The van der Waals surface area contributed by atoms with Crippen LogP contribution in [-0.4, -0.2) is 12.5 Å². The molecule has 0 aliphatic carbocycles. The fourth-order valence-electron chi connectivity index (χ4n) is 3.10. The van der Waals surface area contributed by atoms with Crippen molar-refractivity contribution in [3.05, 3.63) is 93.5 Å². The van der Waals surface area contributed by atoms with Crippen LogP contribution in [-0.2, 0) is 11.4 Å². The van der Waals surface area contributed by atoms with Gasteiger partial charge in [0.1, 0.15) is 18.2 Å². The smallest absolute Gasteiger partial charge is 0.266 e. The van der Waals surface area contributed by atoms with Gasteiger partial charge in [0.15, 0.2) is 11.5 Å². The van der Waals surface area contributed by atoms with Gasteiger partial charge in [-0.15, -0.1) is 0 Å². The quantitative estimate of drug-likeness (QED) is 0.308. The van der Waals surface area contributed by atoms with E-state index >= 15 is 0 Å². The molecule has 3 aromatic rings. The first-order valence-electron chi connectivity index (χ1n) is 10.5. The number of nitrogens with zero attached hydrogens (tertiary/aromatic N) is 1. The number of hydrogen-bond donors (Lipinski definition) is 1. The summed E-state index contributed by atoms with van der Waals surface area (Å²) in [6.45, 7) is 6.58. The van der Waals surface area contributed by atoms with Crippen LogP contribution in [0.2, 0.25) is 5.02 Å². The topological polar surface area (TPSA) is 71.3 Å². The highest BCUT2D eigenvalue weighted by atomic mass is 35.5. The van der Waals surface area contributed by atoms with E-state index in [4.69, 9.17) is 21.1 Å². The molecule has 0 bridgehead atoms. The number of rotatable bonds is 8. The number of amides is 1. The Morgan fingerprint density at radius 1 is 1.06 bits per heavy atom. The van der Waals surface area contributed by atoms with Crippen LogP contribution in [0.1, 0.15) is 29.2 Å². The molecule has 0 atom stereocenters. The third-order valence-corrected chi connectivity index (χ3v) is 5.38. The SMILES string of the molecule is CCOc1cc(/C=C(\C#N)C(=O)Nc2cccc(Cl)c2C)ccc1OCc1ccc(C)cc1. The van der Waals surface area contributed by atoms with Crippen LogP contribution in [0.4, 0.5) is 5.69 Å². The molecule has 6 heteroatoms. The van der Waals surface area contributed by atoms with E-state index in [9.17, 15) is 10.1 Å². The Morgan fingerprint density at radius 3 is 2.52 bits per heavy atom. The van der Waals surface area contributed by atoms with Gasteiger partial charge in [-0.1, -0.05) is 53.6 Å². The zero-order valence-electron chi connectivity index (χ0n) is 18.8. The van der Waals surface area contributed by atoms with E-state index in [0.717, 1.165) is 11.1 Å². The summed E-state index contributed by atoms with van der Waals surface area (Å²) in [5, 5.41) is 12.8. The first kappa shape index (κ1) is 23.9. The third-order valence-electron chi connectivity index (χ3n) is 4.97. The van der Waals surface area contributed by atoms with Crippen molar-refractivity contribution < 1.29 is 14.3 Å². The van der Waals surface area contributed by atoms with Gasteiger partial charge in [0, 0.05) is 10.7 Å². The molecule has 3 rings (SSSR count). The second-order valence-corrected chi connectivity index (χ2v) is 7.86. The minimum absolute atomic E-state index is 0.0369. The van der Waals surface area contributed by atoms with Crippen LogP contribution in [0.5, 0.6) is 11.5 Å². The molecule has 0 saturated heterocycles. The van der Waals surface area contributed by atoms with Crippen LogP contribution in [0.3, 0.4) is 0 Å². The number of ether oxygens (including phenoxy) is 2. The monoisotopic (exact) mass is 460 g/mol. The fraction of sp³-hybridized carbons (Fsp3) is 0.185. The molecular formula is C27H25ClN2O3. The molecule has 1 N–H and O–H groups in total. The summed E-state index contributed by atoms with van der Waals surface area (Å²) in [6, 6.07) is 20.6. The lowest BCUT2D eigenvalue weighted by Gasteiger charge is -2.13. The van der Waals surface area contributed by atoms with Gasteiger partial charge in [-0.05, 0) is 67.8 Å². The van der Waals surface area contributed by atoms with Crippen LogP contribution < -0.4 is 14.8 Å². The van der Waals surface area contributed by atoms with Crippen LogP contribution in [0, 0.1) is 25.2 Å². The Balaban J connectivity index is 1.79. The average Bonchev–Trinajstić information content (AvgIpc) is 2.81. The van der Waals surface area contributed by atoms with E-state index in [-0.39, 0.29) is 5.57 Å². The number of hydrogen-bond acceptors (Lipinski definition) is 4. The summed E-state index contributed by atoms with van der Waals surface area (Å²) in [5.74, 6) is 0.620. The Kier molecular flexibility index (Phi) is 8.12. The van der Waals surface area contributed by atoms with Crippen molar-refractivity contribution in [3.63, 3.8) is 0 Å². The molecule has 5 nitrogen and oxygen atoms in total. The summed E-state index contributed by atoms with van der Waals surface area (Å²) in [6.07, 6.45) is 1.52. The highest BCUT2D eigenvalue weighted by Gasteiger charge is 2.13. The van der Waals surface area contributed by atoms with E-state index in [2.05, 4.69) is 5.32 Å². The molecule has 0 heterocycles. The molecule has 0 fully saturated rings. The van der Waals surface area contributed by atoms with Crippen molar-refractivity contribution >= 4 is 29.3 Å². The highest BCUT2D eigenvalue weighted by molar-refractivity contribution is 6.31. The predicted octanol–water partition coefficient (Wildman–Crippen LogP) is 6.48. The molecule has 0 aliphatic heterocycles. The van der Waals surface area contributed by atoms with Gasteiger partial charge in [-0.25, -0.2) is 0 Å². The standard InChI is InChI=1S/C27H25ClN2O3/c1-4-32-26-15-21(12-13-25(26)33-17-20-10-8-18(2)9-11-20)14-22(16-29)27(31)30-24-7-5-6-23(28)19(24)3/h5-15H,4,17H2,1-3H3,(H,30,31)/b22-14+. The van der Waals surface area contributed by atoms with Crippen molar-refractivity contribution in [1.82, 2.24) is 0 Å². The molecule has 1 amide bonds. The zero-order valence-corrected chi connectivity index (χ0v) is 19.6. The maximum atomic E-state index is 12.7. The van der Waals surface area contributed by atoms with Crippen molar-refractivity contribution in [2.45, 2.75) is 27.4 Å². The minimum atomic E-state index is -0.513. The lowest BCUT2D eigenvalue weighted by Crippen LogP contribution is -2.14. The Hall–Kier alpha value is -3.75. The van der Waals surface area contributed by atoms with Crippen LogP contribution in [0.15, 0.2) is 66.2 Å². The number of carbonyl (C=O) groups is 1. The van der Waals surface area contributed by atoms with Crippen molar-refractivity contribution in [2.75, 3.05) is 11.9 Å². The summed E-state index contributed by atoms with van der Waals surface area (Å²) in [5.41, 5.74) is 4.14. The van der Waals surface area contributed by atoms with Gasteiger partial charge in [0.05, 0.1) is 6.61 Å². The zero-order chi connectivity index (χ0) is 23.8. The molecule has 0 saturated carbocycles. The predicted molar refractivity (Wildman–Crippen MR) is 132 cm³/mol.